The number of halogens is 1. The monoisotopic (exact) mass is 221 g/mol. The normalized spacial score (nSPS) is 8.87. The number of nitrogens with two attached hydrogens (primary N) is 1. The first-order valence-corrected chi connectivity index (χ1v) is 4.53. The van der Waals surface area contributed by atoms with Gasteiger partial charge in [-0.1, -0.05) is 23.4 Å². The molecule has 0 aliphatic carbocycles. The van der Waals surface area contributed by atoms with Crippen LogP contribution in [0.4, 0.5) is 0 Å². The van der Waals surface area contributed by atoms with Crippen molar-refractivity contribution < 1.29 is 9.59 Å². The molecule has 0 radical (unpaired) electrons. The smallest absolute Gasteiger partial charge is 0.229 e. The van der Waals surface area contributed by atoms with Gasteiger partial charge in [-0.25, -0.2) is 0 Å². The second kappa shape index (κ2) is 5.18. The average molecular weight is 222 g/mol. The van der Waals surface area contributed by atoms with Crippen LogP contribution in [0, 0.1) is 11.8 Å². The summed E-state index contributed by atoms with van der Waals surface area (Å²) < 4.78 is 0. The topological polar surface area (TPSA) is 60.2 Å². The van der Waals surface area contributed by atoms with Gasteiger partial charge in [-0.05, 0) is 18.2 Å². The Morgan fingerprint density at radius 1 is 1.53 bits per heavy atom. The number of rotatable bonds is 2. The number of hydrogen-bond acceptors (Lipinski definition) is 2. The first kappa shape index (κ1) is 11.3. The van der Waals surface area contributed by atoms with Gasteiger partial charge < -0.3 is 5.73 Å². The van der Waals surface area contributed by atoms with Crippen molar-refractivity contribution in [1.82, 2.24) is 0 Å². The van der Waals surface area contributed by atoms with Crippen molar-refractivity contribution in [2.24, 2.45) is 5.73 Å². The summed E-state index contributed by atoms with van der Waals surface area (Å²) in [5.41, 5.74) is 5.86. The van der Waals surface area contributed by atoms with Gasteiger partial charge in [-0.3, -0.25) is 9.59 Å². The highest BCUT2D eigenvalue weighted by Gasteiger charge is 1.99. The van der Waals surface area contributed by atoms with Gasteiger partial charge in [0.25, 0.3) is 0 Å². The molecule has 76 valence electrons. The Balaban J connectivity index is 2.97. The number of carbonyl (C=O) groups excluding carboxylic acids is 2. The van der Waals surface area contributed by atoms with Crippen LogP contribution in [0.25, 0.3) is 0 Å². The quantitative estimate of drug-likeness (QED) is 0.606. The third-order valence-corrected chi connectivity index (χ3v) is 1.86. The third-order valence-electron chi connectivity index (χ3n) is 1.63. The SMILES string of the molecule is NC(=O)CC#Cc1ccc(Cl)cc1C=O. The molecule has 0 aromatic heterocycles. The molecular formula is C11H8ClNO2. The van der Waals surface area contributed by atoms with E-state index in [4.69, 9.17) is 17.3 Å². The number of hydrogen-bond donors (Lipinski definition) is 1. The fourth-order valence-electron chi connectivity index (χ4n) is 0.971. The molecule has 0 spiro atoms. The lowest BCUT2D eigenvalue weighted by atomic mass is 10.1. The van der Waals surface area contributed by atoms with E-state index < -0.39 is 5.91 Å². The van der Waals surface area contributed by atoms with Crippen molar-refractivity contribution in [1.29, 1.82) is 0 Å². The zero-order chi connectivity index (χ0) is 11.3. The largest absolute Gasteiger partial charge is 0.369 e. The van der Waals surface area contributed by atoms with E-state index >= 15 is 0 Å². The van der Waals surface area contributed by atoms with Gasteiger partial charge in [0.05, 0.1) is 6.42 Å². The average Bonchev–Trinajstić information content (AvgIpc) is 2.19. The molecule has 0 aliphatic heterocycles. The zero-order valence-corrected chi connectivity index (χ0v) is 8.54. The summed E-state index contributed by atoms with van der Waals surface area (Å²) in [5.74, 6) is 4.75. The van der Waals surface area contributed by atoms with E-state index in [0.29, 0.717) is 22.4 Å². The van der Waals surface area contributed by atoms with Crippen molar-refractivity contribution in [2.45, 2.75) is 6.42 Å². The Hall–Kier alpha value is -1.79. The molecule has 1 amide bonds. The van der Waals surface area contributed by atoms with Gasteiger partial charge in [0.15, 0.2) is 6.29 Å². The Labute approximate surface area is 92.2 Å². The van der Waals surface area contributed by atoms with Crippen LogP contribution in [0.5, 0.6) is 0 Å². The van der Waals surface area contributed by atoms with Crippen molar-refractivity contribution >= 4 is 23.8 Å². The minimum absolute atomic E-state index is 0.0269. The molecule has 0 aliphatic rings. The fraction of sp³-hybridized carbons (Fsp3) is 0.0909. The summed E-state index contributed by atoms with van der Waals surface area (Å²) in [4.78, 5) is 21.1. The predicted molar refractivity (Wildman–Crippen MR) is 57.5 cm³/mol. The molecular weight excluding hydrogens is 214 g/mol. The number of carbonyl (C=O) groups is 2. The first-order chi connectivity index (χ1) is 7.13. The molecule has 0 heterocycles. The summed E-state index contributed by atoms with van der Waals surface area (Å²) in [5, 5.41) is 0.470. The predicted octanol–water partition coefficient (Wildman–Crippen LogP) is 1.38. The lowest BCUT2D eigenvalue weighted by Gasteiger charge is -1.96. The standard InChI is InChI=1S/C11H8ClNO2/c12-10-5-4-8(9(6-10)7-14)2-1-3-11(13)15/h4-7H,3H2,(H2,13,15). The molecule has 0 unspecified atom stereocenters. The van der Waals surface area contributed by atoms with Gasteiger partial charge in [0.2, 0.25) is 5.91 Å². The van der Waals surface area contributed by atoms with E-state index in [1.807, 2.05) is 0 Å². The van der Waals surface area contributed by atoms with Gasteiger partial charge in [0, 0.05) is 16.1 Å². The van der Waals surface area contributed by atoms with E-state index in [1.54, 1.807) is 12.1 Å². The van der Waals surface area contributed by atoms with Gasteiger partial charge >= 0.3 is 0 Å². The molecule has 1 aromatic rings. The molecule has 0 atom stereocenters. The molecule has 0 fully saturated rings. The summed E-state index contributed by atoms with van der Waals surface area (Å²) in [6, 6.07) is 4.77. The van der Waals surface area contributed by atoms with Gasteiger partial charge in [-0.2, -0.15) is 0 Å². The number of benzene rings is 1. The van der Waals surface area contributed by atoms with Crippen molar-refractivity contribution in [2.75, 3.05) is 0 Å². The van der Waals surface area contributed by atoms with E-state index in [1.165, 1.54) is 6.07 Å². The highest BCUT2D eigenvalue weighted by atomic mass is 35.5. The Kier molecular flexibility index (Phi) is 3.90. The highest BCUT2D eigenvalue weighted by molar-refractivity contribution is 6.30. The molecule has 15 heavy (non-hydrogen) atoms. The van der Waals surface area contributed by atoms with E-state index in [-0.39, 0.29) is 6.42 Å². The molecule has 0 saturated carbocycles. The molecule has 0 bridgehead atoms. The molecule has 0 saturated heterocycles. The number of primary amides is 1. The highest BCUT2D eigenvalue weighted by Crippen LogP contribution is 2.13. The van der Waals surface area contributed by atoms with Crippen LogP contribution in [0.1, 0.15) is 22.3 Å². The molecule has 1 rings (SSSR count). The van der Waals surface area contributed by atoms with Crippen molar-refractivity contribution in [3.8, 4) is 11.8 Å². The lowest BCUT2D eigenvalue weighted by molar-refractivity contribution is -0.117. The Morgan fingerprint density at radius 3 is 2.87 bits per heavy atom. The molecule has 4 heteroatoms. The molecule has 3 nitrogen and oxygen atoms in total. The maximum Gasteiger partial charge on any atom is 0.229 e. The maximum absolute atomic E-state index is 10.7. The van der Waals surface area contributed by atoms with E-state index in [2.05, 4.69) is 11.8 Å². The van der Waals surface area contributed by atoms with Gasteiger partial charge in [0.1, 0.15) is 0 Å². The first-order valence-electron chi connectivity index (χ1n) is 4.15. The third kappa shape index (κ3) is 3.45. The van der Waals surface area contributed by atoms with Crippen molar-refractivity contribution in [3.05, 3.63) is 34.3 Å². The number of aldehydes is 1. The second-order valence-electron chi connectivity index (χ2n) is 2.79. The maximum atomic E-state index is 10.7. The minimum atomic E-state index is -0.496. The Morgan fingerprint density at radius 2 is 2.27 bits per heavy atom. The lowest BCUT2D eigenvalue weighted by Crippen LogP contribution is -2.08. The van der Waals surface area contributed by atoms with E-state index in [0.717, 1.165) is 0 Å². The van der Waals surface area contributed by atoms with Crippen LogP contribution in [-0.4, -0.2) is 12.2 Å². The second-order valence-corrected chi connectivity index (χ2v) is 3.23. The number of amides is 1. The summed E-state index contributed by atoms with van der Waals surface area (Å²) in [7, 11) is 0. The minimum Gasteiger partial charge on any atom is -0.369 e. The molecule has 2 N–H and O–H groups in total. The van der Waals surface area contributed by atoms with Crippen LogP contribution >= 0.6 is 11.6 Å². The van der Waals surface area contributed by atoms with Crippen LogP contribution in [0.2, 0.25) is 5.02 Å². The molecule has 1 aromatic carbocycles. The van der Waals surface area contributed by atoms with Crippen LogP contribution in [-0.2, 0) is 4.79 Å². The van der Waals surface area contributed by atoms with Gasteiger partial charge in [-0.15, -0.1) is 0 Å². The fourth-order valence-corrected chi connectivity index (χ4v) is 1.15. The summed E-state index contributed by atoms with van der Waals surface area (Å²) in [6.45, 7) is 0. The van der Waals surface area contributed by atoms with Crippen LogP contribution in [0.3, 0.4) is 0 Å². The van der Waals surface area contributed by atoms with E-state index in [9.17, 15) is 9.59 Å². The van der Waals surface area contributed by atoms with Crippen molar-refractivity contribution in [3.63, 3.8) is 0 Å². The zero-order valence-electron chi connectivity index (χ0n) is 7.79. The van der Waals surface area contributed by atoms with Crippen LogP contribution in [0.15, 0.2) is 18.2 Å². The van der Waals surface area contributed by atoms with Crippen LogP contribution < -0.4 is 5.73 Å². The summed E-state index contributed by atoms with van der Waals surface area (Å²) in [6.07, 6.45) is 0.640. The summed E-state index contributed by atoms with van der Waals surface area (Å²) >= 11 is 5.70. The Bertz CT molecular complexity index is 457.